The maximum absolute atomic E-state index is 11.1. The molecule has 0 unspecified atom stereocenters. The molecule has 0 saturated carbocycles. The van der Waals surface area contributed by atoms with Crippen LogP contribution in [0.2, 0.25) is 0 Å². The van der Waals surface area contributed by atoms with Gasteiger partial charge in [-0.25, -0.2) is 0 Å². The minimum atomic E-state index is -0.0310. The van der Waals surface area contributed by atoms with Gasteiger partial charge in [-0.05, 0) is 37.1 Å². The molecule has 1 rings (SSSR count). The maximum Gasteiger partial charge on any atom is 0.221 e. The monoisotopic (exact) mass is 272 g/mol. The number of ether oxygens (including phenoxy) is 1. The van der Waals surface area contributed by atoms with Crippen LogP contribution in [0.1, 0.15) is 17.5 Å². The fourth-order valence-corrected chi connectivity index (χ4v) is 1.60. The van der Waals surface area contributed by atoms with Crippen LogP contribution in [0.5, 0.6) is 5.75 Å². The van der Waals surface area contributed by atoms with E-state index in [9.17, 15) is 4.79 Å². The Morgan fingerprint density at radius 3 is 2.44 bits per heavy atom. The minimum absolute atomic E-state index is 0. The minimum Gasteiger partial charge on any atom is -0.492 e. The second-order valence-corrected chi connectivity index (χ2v) is 4.06. The van der Waals surface area contributed by atoms with Crippen molar-refractivity contribution in [1.29, 1.82) is 0 Å². The molecular formula is C13H21ClN2O2. The van der Waals surface area contributed by atoms with Crippen LogP contribution in [0.15, 0.2) is 18.2 Å². The van der Waals surface area contributed by atoms with E-state index in [-0.39, 0.29) is 18.3 Å². The summed E-state index contributed by atoms with van der Waals surface area (Å²) in [6.45, 7) is 5.42. The van der Waals surface area contributed by atoms with Gasteiger partial charge in [0.15, 0.2) is 0 Å². The number of carbonyl (C=O) groups excluding carboxylic acids is 1. The number of benzene rings is 1. The zero-order valence-corrected chi connectivity index (χ0v) is 11.7. The van der Waals surface area contributed by atoms with Crippen LogP contribution in [0, 0.1) is 13.8 Å². The number of nitrogens with two attached hydrogens (primary N) is 1. The van der Waals surface area contributed by atoms with Crippen molar-refractivity contribution in [3.05, 3.63) is 29.3 Å². The Hall–Kier alpha value is -1.26. The summed E-state index contributed by atoms with van der Waals surface area (Å²) in [4.78, 5) is 11.1. The molecule has 0 fully saturated rings. The van der Waals surface area contributed by atoms with Crippen molar-refractivity contribution in [2.75, 3.05) is 19.7 Å². The lowest BCUT2D eigenvalue weighted by Crippen LogP contribution is -2.29. The summed E-state index contributed by atoms with van der Waals surface area (Å²) in [5.41, 5.74) is 7.61. The topological polar surface area (TPSA) is 64.3 Å². The number of aryl methyl sites for hydroxylation is 2. The Morgan fingerprint density at radius 1 is 1.28 bits per heavy atom. The number of carbonyl (C=O) groups is 1. The lowest BCUT2D eigenvalue weighted by atomic mass is 10.1. The summed E-state index contributed by atoms with van der Waals surface area (Å²) >= 11 is 0. The van der Waals surface area contributed by atoms with Crippen molar-refractivity contribution in [2.45, 2.75) is 20.3 Å². The van der Waals surface area contributed by atoms with Gasteiger partial charge < -0.3 is 15.8 Å². The summed E-state index contributed by atoms with van der Waals surface area (Å²) in [6.07, 6.45) is 0.365. The second kappa shape index (κ2) is 8.78. The molecule has 1 amide bonds. The van der Waals surface area contributed by atoms with Gasteiger partial charge in [-0.1, -0.05) is 6.07 Å². The van der Waals surface area contributed by atoms with Gasteiger partial charge in [0.25, 0.3) is 0 Å². The second-order valence-electron chi connectivity index (χ2n) is 4.06. The van der Waals surface area contributed by atoms with Crippen LogP contribution in [-0.4, -0.2) is 25.6 Å². The molecule has 1 aromatic rings. The van der Waals surface area contributed by atoms with E-state index in [0.29, 0.717) is 26.1 Å². The lowest BCUT2D eigenvalue weighted by molar-refractivity contribution is -0.120. The molecule has 0 aliphatic rings. The van der Waals surface area contributed by atoms with Gasteiger partial charge >= 0.3 is 0 Å². The number of rotatable bonds is 6. The Kier molecular flexibility index (Phi) is 8.16. The van der Waals surface area contributed by atoms with E-state index in [1.54, 1.807) is 0 Å². The first-order chi connectivity index (χ1) is 8.11. The van der Waals surface area contributed by atoms with E-state index in [4.69, 9.17) is 10.5 Å². The van der Waals surface area contributed by atoms with E-state index in [1.807, 2.05) is 26.0 Å². The molecule has 102 valence electrons. The third-order valence-electron chi connectivity index (χ3n) is 2.26. The average molecular weight is 273 g/mol. The van der Waals surface area contributed by atoms with Crippen molar-refractivity contribution in [2.24, 2.45) is 5.73 Å². The largest absolute Gasteiger partial charge is 0.492 e. The first kappa shape index (κ1) is 16.7. The molecule has 0 aromatic heterocycles. The Balaban J connectivity index is 0.00000289. The molecular weight excluding hydrogens is 252 g/mol. The van der Waals surface area contributed by atoms with E-state index in [1.165, 1.54) is 11.1 Å². The number of hydrogen-bond donors (Lipinski definition) is 2. The Bertz CT molecular complexity index is 363. The Morgan fingerprint density at radius 2 is 1.89 bits per heavy atom. The predicted molar refractivity (Wildman–Crippen MR) is 75.3 cm³/mol. The highest BCUT2D eigenvalue weighted by Gasteiger charge is 1.99. The number of amides is 1. The number of hydrogen-bond acceptors (Lipinski definition) is 3. The molecule has 0 radical (unpaired) electrons. The molecule has 0 spiro atoms. The molecule has 3 N–H and O–H groups in total. The van der Waals surface area contributed by atoms with Crippen molar-refractivity contribution in [1.82, 2.24) is 5.32 Å². The smallest absolute Gasteiger partial charge is 0.221 e. The van der Waals surface area contributed by atoms with Crippen LogP contribution in [0.3, 0.4) is 0 Å². The normalized spacial score (nSPS) is 9.50. The molecule has 0 aliphatic heterocycles. The molecule has 0 bridgehead atoms. The summed E-state index contributed by atoms with van der Waals surface area (Å²) in [5, 5.41) is 2.74. The van der Waals surface area contributed by atoms with Gasteiger partial charge in [-0.15, -0.1) is 12.4 Å². The molecule has 5 heteroatoms. The van der Waals surface area contributed by atoms with E-state index < -0.39 is 0 Å². The molecule has 4 nitrogen and oxygen atoms in total. The van der Waals surface area contributed by atoms with Crippen molar-refractivity contribution in [3.8, 4) is 5.75 Å². The first-order valence-electron chi connectivity index (χ1n) is 5.79. The highest BCUT2D eigenvalue weighted by molar-refractivity contribution is 5.85. The highest BCUT2D eigenvalue weighted by atomic mass is 35.5. The Labute approximate surface area is 114 Å². The number of halogens is 1. The SMILES string of the molecule is Cc1cc(C)cc(OCCNC(=O)CCN)c1.Cl. The van der Waals surface area contributed by atoms with Crippen LogP contribution in [-0.2, 0) is 4.79 Å². The first-order valence-corrected chi connectivity index (χ1v) is 5.79. The zero-order valence-electron chi connectivity index (χ0n) is 10.9. The van der Waals surface area contributed by atoms with Gasteiger partial charge in [-0.2, -0.15) is 0 Å². The maximum atomic E-state index is 11.1. The lowest BCUT2D eigenvalue weighted by Gasteiger charge is -2.09. The molecule has 0 atom stereocenters. The van der Waals surface area contributed by atoms with Crippen molar-refractivity contribution < 1.29 is 9.53 Å². The molecule has 0 aliphatic carbocycles. The average Bonchev–Trinajstić information content (AvgIpc) is 2.23. The molecule has 0 saturated heterocycles. The van der Waals surface area contributed by atoms with Crippen LogP contribution >= 0.6 is 12.4 Å². The van der Waals surface area contributed by atoms with Gasteiger partial charge in [0.1, 0.15) is 12.4 Å². The van der Waals surface area contributed by atoms with Gasteiger partial charge in [-0.3, -0.25) is 4.79 Å². The number of nitrogens with one attached hydrogen (secondary N) is 1. The summed E-state index contributed by atoms with van der Waals surface area (Å²) in [7, 11) is 0. The summed E-state index contributed by atoms with van der Waals surface area (Å²) in [6, 6.07) is 6.05. The quantitative estimate of drug-likeness (QED) is 0.773. The van der Waals surface area contributed by atoms with Gasteiger partial charge in [0.05, 0.1) is 6.54 Å². The van der Waals surface area contributed by atoms with Crippen LogP contribution in [0.4, 0.5) is 0 Å². The highest BCUT2D eigenvalue weighted by Crippen LogP contribution is 2.15. The fourth-order valence-electron chi connectivity index (χ4n) is 1.60. The summed E-state index contributed by atoms with van der Waals surface area (Å²) in [5.74, 6) is 0.812. The van der Waals surface area contributed by atoms with E-state index in [2.05, 4.69) is 11.4 Å². The van der Waals surface area contributed by atoms with E-state index in [0.717, 1.165) is 5.75 Å². The van der Waals surface area contributed by atoms with Crippen molar-refractivity contribution in [3.63, 3.8) is 0 Å². The van der Waals surface area contributed by atoms with Crippen molar-refractivity contribution >= 4 is 18.3 Å². The molecule has 1 aromatic carbocycles. The fraction of sp³-hybridized carbons (Fsp3) is 0.462. The van der Waals surface area contributed by atoms with Gasteiger partial charge in [0.2, 0.25) is 5.91 Å². The predicted octanol–water partition coefficient (Wildman–Crippen LogP) is 1.57. The zero-order chi connectivity index (χ0) is 12.7. The third-order valence-corrected chi connectivity index (χ3v) is 2.26. The van der Waals surface area contributed by atoms with E-state index >= 15 is 0 Å². The van der Waals surface area contributed by atoms with Gasteiger partial charge in [0, 0.05) is 13.0 Å². The molecule has 18 heavy (non-hydrogen) atoms. The van der Waals surface area contributed by atoms with Crippen LogP contribution < -0.4 is 15.8 Å². The summed E-state index contributed by atoms with van der Waals surface area (Å²) < 4.78 is 5.55. The molecule has 0 heterocycles. The standard InChI is InChI=1S/C13H20N2O2.ClH/c1-10-7-11(2)9-12(8-10)17-6-5-15-13(16)3-4-14;/h7-9H,3-6,14H2,1-2H3,(H,15,16);1H. The third kappa shape index (κ3) is 6.47. The van der Waals surface area contributed by atoms with Crippen LogP contribution in [0.25, 0.3) is 0 Å².